The molecule has 8 heterocycles. The minimum Gasteiger partial charge on any atom is -0.355 e. The van der Waals surface area contributed by atoms with E-state index in [2.05, 4.69) is 128 Å². The highest BCUT2D eigenvalue weighted by molar-refractivity contribution is 7.20. The molecular weight excluding hydrogens is 733 g/mol. The number of pyridine rings is 2. The molecule has 1 saturated heterocycles. The van der Waals surface area contributed by atoms with Gasteiger partial charge in [-0.05, 0) is 113 Å². The van der Waals surface area contributed by atoms with Gasteiger partial charge in [0.1, 0.15) is 9.66 Å². The average Bonchev–Trinajstić information content (AvgIpc) is 3.99. The van der Waals surface area contributed by atoms with E-state index in [0.717, 1.165) is 63.0 Å². The number of fused-ring (bicyclic) bond motifs is 4. The monoisotopic (exact) mass is 772 g/mol. The quantitative estimate of drug-likeness (QED) is 0.154. The summed E-state index contributed by atoms with van der Waals surface area (Å²) in [4.78, 5) is 25.4. The Kier molecular flexibility index (Phi) is 9.66. The van der Waals surface area contributed by atoms with Gasteiger partial charge in [0.2, 0.25) is 0 Å². The van der Waals surface area contributed by atoms with E-state index in [-0.39, 0.29) is 0 Å². The molecule has 12 heteroatoms. The topological polar surface area (TPSA) is 90.9 Å². The third-order valence-electron chi connectivity index (χ3n) is 10.5. The van der Waals surface area contributed by atoms with E-state index in [1.807, 2.05) is 34.8 Å². The molecule has 0 amide bonds. The van der Waals surface area contributed by atoms with Crippen molar-refractivity contribution in [1.82, 2.24) is 30.2 Å². The molecular formula is C41H40N8S4. The zero-order valence-electron chi connectivity index (χ0n) is 29.8. The van der Waals surface area contributed by atoms with Crippen LogP contribution >= 0.6 is 45.3 Å². The first-order valence-electron chi connectivity index (χ1n) is 18.1. The first-order valence-corrected chi connectivity index (χ1v) is 21.5. The van der Waals surface area contributed by atoms with Gasteiger partial charge in [0, 0.05) is 68.8 Å². The molecule has 3 N–H and O–H groups in total. The van der Waals surface area contributed by atoms with Gasteiger partial charge in [-0.1, -0.05) is 6.08 Å². The highest BCUT2D eigenvalue weighted by Gasteiger charge is 2.25. The average molecular weight is 773 g/mol. The molecule has 6 aromatic heterocycles. The zero-order chi connectivity index (χ0) is 35.9. The summed E-state index contributed by atoms with van der Waals surface area (Å²) in [7, 11) is 2.20. The van der Waals surface area contributed by atoms with Crippen LogP contribution in [-0.2, 0) is 0 Å². The van der Waals surface area contributed by atoms with Crippen molar-refractivity contribution in [3.63, 3.8) is 0 Å². The van der Waals surface area contributed by atoms with Gasteiger partial charge < -0.3 is 16.0 Å². The lowest BCUT2D eigenvalue weighted by molar-refractivity contribution is 0.300. The SMILES string of the molecule is CC1C(c2cc3c(Nc4ccc5scnc5c4)ccnc3s2)=CCCN1C.CC1NCCCC1c1cc2c(Nc3ccc4scnc4c3)ccnc2s1. The third-order valence-corrected chi connectivity index (χ3v) is 14.4. The molecule has 10 rings (SSSR count). The van der Waals surface area contributed by atoms with Crippen LogP contribution in [0.2, 0.25) is 0 Å². The number of benzene rings is 2. The fourth-order valence-corrected chi connectivity index (χ4v) is 11.1. The summed E-state index contributed by atoms with van der Waals surface area (Å²) in [5.74, 6) is 0.585. The van der Waals surface area contributed by atoms with Crippen LogP contribution in [0.25, 0.3) is 46.4 Å². The molecule has 2 aliphatic heterocycles. The van der Waals surface area contributed by atoms with E-state index < -0.39 is 0 Å². The number of anilines is 4. The first-order chi connectivity index (χ1) is 26.0. The Hall–Kier alpha value is -4.30. The first kappa shape index (κ1) is 34.5. The standard InChI is InChI=1S/C21H20N4S2.C20H20N4S2/c1-13-15(4-3-9-25(13)2)20-11-16-17(7-8-22-21(16)27-20)24-14-5-6-19-18(10-14)23-12-26-19;1-12-14(3-2-7-21-12)19-10-15-16(6-8-22-20(15)26-19)24-13-4-5-18-17(9-13)23-11-25-18/h4-8,10-13H,3,9H2,1-2H3,(H,22,24);4-6,8-12,14,21H,2-3,7H2,1H3,(H,22,24). The number of hydrogen-bond acceptors (Lipinski definition) is 12. The molecule has 0 bridgehead atoms. The zero-order valence-corrected chi connectivity index (χ0v) is 33.1. The van der Waals surface area contributed by atoms with E-state index in [0.29, 0.717) is 18.0 Å². The molecule has 3 unspecified atom stereocenters. The van der Waals surface area contributed by atoms with Crippen molar-refractivity contribution < 1.29 is 0 Å². The van der Waals surface area contributed by atoms with E-state index in [4.69, 9.17) is 0 Å². The van der Waals surface area contributed by atoms with Gasteiger partial charge in [0.15, 0.2) is 0 Å². The van der Waals surface area contributed by atoms with Crippen LogP contribution in [0, 0.1) is 0 Å². The lowest BCUT2D eigenvalue weighted by Gasteiger charge is -2.30. The number of thiophene rings is 2. The van der Waals surface area contributed by atoms with Crippen LogP contribution in [0.5, 0.6) is 0 Å². The van der Waals surface area contributed by atoms with Crippen LogP contribution in [-0.4, -0.2) is 57.1 Å². The van der Waals surface area contributed by atoms with Gasteiger partial charge >= 0.3 is 0 Å². The summed E-state index contributed by atoms with van der Waals surface area (Å²) in [6.07, 6.45) is 9.78. The van der Waals surface area contributed by atoms with Crippen LogP contribution in [0.15, 0.2) is 90.2 Å². The van der Waals surface area contributed by atoms with Crippen molar-refractivity contribution in [3.8, 4) is 0 Å². The van der Waals surface area contributed by atoms with Gasteiger partial charge in [0.25, 0.3) is 0 Å². The van der Waals surface area contributed by atoms with Crippen LogP contribution in [0.4, 0.5) is 22.7 Å². The summed E-state index contributed by atoms with van der Waals surface area (Å²) >= 11 is 6.95. The Morgan fingerprint density at radius 2 is 1.40 bits per heavy atom. The van der Waals surface area contributed by atoms with Crippen molar-refractivity contribution in [2.45, 2.75) is 51.1 Å². The second kappa shape index (κ2) is 14.8. The van der Waals surface area contributed by atoms with Gasteiger partial charge in [-0.3, -0.25) is 4.90 Å². The Morgan fingerprint density at radius 1 is 0.755 bits per heavy atom. The van der Waals surface area contributed by atoms with E-state index in [9.17, 15) is 0 Å². The molecule has 1 fully saturated rings. The van der Waals surface area contributed by atoms with Crippen molar-refractivity contribution in [2.24, 2.45) is 0 Å². The van der Waals surface area contributed by atoms with Crippen LogP contribution in [0.1, 0.15) is 48.8 Å². The molecule has 2 aliphatic rings. The van der Waals surface area contributed by atoms with Crippen molar-refractivity contribution in [1.29, 1.82) is 0 Å². The van der Waals surface area contributed by atoms with Crippen molar-refractivity contribution in [3.05, 3.63) is 99.9 Å². The summed E-state index contributed by atoms with van der Waals surface area (Å²) in [6, 6.07) is 22.4. The molecule has 53 heavy (non-hydrogen) atoms. The number of nitrogens with zero attached hydrogens (tertiary/aromatic N) is 5. The smallest absolute Gasteiger partial charge is 0.125 e. The number of likely N-dealkylation sites (N-methyl/N-ethyl adjacent to an activating group) is 1. The second-order valence-electron chi connectivity index (χ2n) is 13.8. The summed E-state index contributed by atoms with van der Waals surface area (Å²) in [5.41, 5.74) is 11.6. The summed E-state index contributed by atoms with van der Waals surface area (Å²) < 4.78 is 2.42. The predicted octanol–water partition coefficient (Wildman–Crippen LogP) is 11.3. The molecule has 0 spiro atoms. The number of aromatic nitrogens is 4. The second-order valence-corrected chi connectivity index (χ2v) is 17.7. The Balaban J connectivity index is 0.000000141. The normalized spacial score (nSPS) is 19.4. The third kappa shape index (κ3) is 7.07. The lowest BCUT2D eigenvalue weighted by atomic mass is 9.90. The maximum Gasteiger partial charge on any atom is 0.125 e. The molecule has 8 nitrogen and oxygen atoms in total. The molecule has 3 atom stereocenters. The van der Waals surface area contributed by atoms with E-state index >= 15 is 0 Å². The molecule has 0 saturated carbocycles. The molecule has 8 aromatic rings. The number of hydrogen-bond donors (Lipinski definition) is 3. The maximum absolute atomic E-state index is 4.61. The Morgan fingerprint density at radius 3 is 2.06 bits per heavy atom. The maximum atomic E-state index is 4.61. The fourth-order valence-electron chi connectivity index (χ4n) is 7.39. The van der Waals surface area contributed by atoms with Gasteiger partial charge in [-0.2, -0.15) is 0 Å². The highest BCUT2D eigenvalue weighted by atomic mass is 32.1. The van der Waals surface area contributed by atoms with Crippen LogP contribution in [0.3, 0.4) is 0 Å². The highest BCUT2D eigenvalue weighted by Crippen LogP contribution is 2.40. The Labute approximate surface area is 324 Å². The largest absolute Gasteiger partial charge is 0.355 e. The fraction of sp³-hybridized carbons (Fsp3) is 0.268. The van der Waals surface area contributed by atoms with E-state index in [1.54, 1.807) is 34.0 Å². The number of thiazole rings is 2. The minimum atomic E-state index is 0.440. The number of nitrogens with one attached hydrogen (secondary N) is 3. The van der Waals surface area contributed by atoms with Gasteiger partial charge in [-0.15, -0.1) is 45.3 Å². The molecule has 2 aromatic carbocycles. The lowest BCUT2D eigenvalue weighted by Crippen LogP contribution is -2.37. The number of piperidine rings is 1. The van der Waals surface area contributed by atoms with Gasteiger partial charge in [0.05, 0.1) is 42.8 Å². The van der Waals surface area contributed by atoms with Crippen LogP contribution < -0.4 is 16.0 Å². The van der Waals surface area contributed by atoms with E-state index in [1.165, 1.54) is 48.3 Å². The Bertz CT molecular complexity index is 2580. The molecule has 0 aliphatic carbocycles. The summed E-state index contributed by atoms with van der Waals surface area (Å²) in [5, 5.41) is 13.1. The molecule has 268 valence electrons. The number of rotatable bonds is 6. The summed E-state index contributed by atoms with van der Waals surface area (Å²) in [6.45, 7) is 6.83. The molecule has 0 radical (unpaired) electrons. The minimum absolute atomic E-state index is 0.440. The predicted molar refractivity (Wildman–Crippen MR) is 229 cm³/mol. The van der Waals surface area contributed by atoms with Crippen molar-refractivity contribution in [2.75, 3.05) is 30.8 Å². The van der Waals surface area contributed by atoms with Crippen molar-refractivity contribution >= 4 is 115 Å². The van der Waals surface area contributed by atoms with Gasteiger partial charge in [-0.25, -0.2) is 19.9 Å².